The molecule has 0 aromatic heterocycles. The summed E-state index contributed by atoms with van der Waals surface area (Å²) >= 11 is 5.95. The zero-order chi connectivity index (χ0) is 13.2. The monoisotopic (exact) mass is 341 g/mol. The zero-order valence-corrected chi connectivity index (χ0v) is 12.2. The zero-order valence-electron chi connectivity index (χ0n) is 9.73. The van der Waals surface area contributed by atoms with Gasteiger partial charge in [0.05, 0.1) is 0 Å². The average Bonchev–Trinajstić information content (AvgIpc) is 2.86. The second-order valence-corrected chi connectivity index (χ2v) is 5.54. The molecule has 3 nitrogen and oxygen atoms in total. The fourth-order valence-corrected chi connectivity index (χ4v) is 3.19. The van der Waals surface area contributed by atoms with Crippen molar-refractivity contribution >= 4 is 43.2 Å². The number of hydrogen-bond donors (Lipinski definition) is 1. The first kappa shape index (κ1) is 12.6. The minimum atomic E-state index is -0.328. The molecular formula is C13H9ClFN3Se. The molecule has 0 fully saturated rings. The number of nitrogens with one attached hydrogen (secondary N) is 1. The van der Waals surface area contributed by atoms with Crippen molar-refractivity contribution in [3.05, 3.63) is 52.8 Å². The van der Waals surface area contributed by atoms with Crippen LogP contribution in [0.2, 0.25) is 5.02 Å². The van der Waals surface area contributed by atoms with Crippen LogP contribution in [0.4, 0.5) is 21.5 Å². The predicted octanol–water partition coefficient (Wildman–Crippen LogP) is 4.44. The van der Waals surface area contributed by atoms with Gasteiger partial charge in [-0.15, -0.1) is 0 Å². The van der Waals surface area contributed by atoms with Crippen LogP contribution in [-0.2, 0) is 6.54 Å². The van der Waals surface area contributed by atoms with Gasteiger partial charge in [-0.1, -0.05) is 0 Å². The molecule has 6 heteroatoms. The van der Waals surface area contributed by atoms with Crippen molar-refractivity contribution in [2.24, 2.45) is 7.92 Å². The van der Waals surface area contributed by atoms with Gasteiger partial charge in [-0.3, -0.25) is 0 Å². The van der Waals surface area contributed by atoms with Gasteiger partial charge >= 0.3 is 120 Å². The van der Waals surface area contributed by atoms with Crippen molar-refractivity contribution in [1.29, 1.82) is 0 Å². The van der Waals surface area contributed by atoms with E-state index >= 15 is 0 Å². The summed E-state index contributed by atoms with van der Waals surface area (Å²) in [5.74, 6) is -0.328. The second-order valence-electron chi connectivity index (χ2n) is 4.03. The summed E-state index contributed by atoms with van der Waals surface area (Å²) in [4.78, 5) is 0. The molecule has 0 spiro atoms. The minimum absolute atomic E-state index is 0.0480. The number of nitrogens with zero attached hydrogens (tertiary/aromatic N) is 2. The molecule has 0 aliphatic carbocycles. The normalized spacial score (nSPS) is 12.1. The molecule has 1 N–H and O–H groups in total. The van der Waals surface area contributed by atoms with Crippen LogP contribution in [0.15, 0.2) is 44.3 Å². The van der Waals surface area contributed by atoms with Crippen LogP contribution in [0.1, 0.15) is 5.56 Å². The summed E-state index contributed by atoms with van der Waals surface area (Å²) in [6.07, 6.45) is 0. The van der Waals surface area contributed by atoms with E-state index in [1.807, 2.05) is 18.2 Å². The molecule has 1 aliphatic heterocycles. The van der Waals surface area contributed by atoms with Gasteiger partial charge in [0.2, 0.25) is 0 Å². The first-order valence-electron chi connectivity index (χ1n) is 5.63. The van der Waals surface area contributed by atoms with E-state index in [1.165, 1.54) is 12.1 Å². The van der Waals surface area contributed by atoms with Gasteiger partial charge in [-0.2, -0.15) is 0 Å². The molecule has 2 aromatic carbocycles. The Bertz CT molecular complexity index is 711. The summed E-state index contributed by atoms with van der Waals surface area (Å²) in [7, 11) is 0. The standard InChI is InChI=1S/C13H9ClFN3Se/c14-10-6-9(15)5-4-8(10)7-16-11-2-1-3-12-13(11)18-19-17-12/h1-6,16H,7H2. The molecule has 0 saturated carbocycles. The van der Waals surface area contributed by atoms with E-state index in [9.17, 15) is 4.39 Å². The molecule has 0 unspecified atom stereocenters. The van der Waals surface area contributed by atoms with Crippen molar-refractivity contribution in [2.75, 3.05) is 5.32 Å². The molecule has 0 atom stereocenters. The third kappa shape index (κ3) is 2.63. The van der Waals surface area contributed by atoms with Gasteiger partial charge in [0.15, 0.2) is 0 Å². The number of benzene rings is 2. The molecule has 3 rings (SSSR count). The van der Waals surface area contributed by atoms with Gasteiger partial charge in [0.25, 0.3) is 0 Å². The number of rotatable bonds is 3. The predicted molar refractivity (Wildman–Crippen MR) is 75.1 cm³/mol. The molecule has 0 radical (unpaired) electrons. The molecule has 96 valence electrons. The van der Waals surface area contributed by atoms with Gasteiger partial charge in [-0.25, -0.2) is 0 Å². The Hall–Kier alpha value is -1.42. The Morgan fingerprint density at radius 1 is 1.21 bits per heavy atom. The molecule has 0 bridgehead atoms. The molecular weight excluding hydrogens is 332 g/mol. The fourth-order valence-electron chi connectivity index (χ4n) is 1.80. The van der Waals surface area contributed by atoms with Gasteiger partial charge in [0, 0.05) is 0 Å². The van der Waals surface area contributed by atoms with Crippen LogP contribution in [0, 0.1) is 5.82 Å². The molecule has 0 saturated heterocycles. The third-order valence-electron chi connectivity index (χ3n) is 2.77. The Kier molecular flexibility index (Phi) is 3.51. The van der Waals surface area contributed by atoms with E-state index in [1.54, 1.807) is 6.07 Å². The van der Waals surface area contributed by atoms with E-state index < -0.39 is 0 Å². The van der Waals surface area contributed by atoms with Crippen LogP contribution < -0.4 is 5.32 Å². The van der Waals surface area contributed by atoms with Crippen LogP contribution >= 0.6 is 11.6 Å². The van der Waals surface area contributed by atoms with Gasteiger partial charge in [-0.05, 0) is 0 Å². The molecule has 2 aromatic rings. The first-order chi connectivity index (χ1) is 9.24. The van der Waals surface area contributed by atoms with E-state index in [4.69, 9.17) is 11.6 Å². The maximum atomic E-state index is 13.0. The third-order valence-corrected chi connectivity index (χ3v) is 4.26. The molecule has 0 amide bonds. The Labute approximate surface area is 120 Å². The summed E-state index contributed by atoms with van der Waals surface area (Å²) in [6, 6.07) is 10.2. The topological polar surface area (TPSA) is 36.8 Å². The number of hydrogen-bond acceptors (Lipinski definition) is 3. The van der Waals surface area contributed by atoms with E-state index in [0.717, 1.165) is 22.6 Å². The SMILES string of the molecule is Fc1ccc(CNc2cccc3c2N=[Se]=N3)c(Cl)c1. The second kappa shape index (κ2) is 5.29. The summed E-state index contributed by atoms with van der Waals surface area (Å²) in [6.45, 7) is 0.526. The summed E-state index contributed by atoms with van der Waals surface area (Å²) in [5, 5.41) is 3.69. The van der Waals surface area contributed by atoms with Crippen molar-refractivity contribution in [1.82, 2.24) is 0 Å². The van der Waals surface area contributed by atoms with Crippen LogP contribution in [0.25, 0.3) is 0 Å². The summed E-state index contributed by atoms with van der Waals surface area (Å²) in [5.41, 5.74) is 3.61. The molecule has 1 heterocycles. The Morgan fingerprint density at radius 3 is 2.95 bits per heavy atom. The Morgan fingerprint density at radius 2 is 2.11 bits per heavy atom. The number of fused-ring (bicyclic) bond motifs is 1. The molecule has 1 aliphatic rings. The average molecular weight is 341 g/mol. The Balaban J connectivity index is 1.80. The van der Waals surface area contributed by atoms with Gasteiger partial charge < -0.3 is 0 Å². The maximum absolute atomic E-state index is 13.0. The quantitative estimate of drug-likeness (QED) is 0.703. The van der Waals surface area contributed by atoms with Crippen LogP contribution in [0.5, 0.6) is 0 Å². The first-order valence-corrected chi connectivity index (χ1v) is 7.54. The fraction of sp³-hybridized carbons (Fsp3) is 0.0769. The van der Waals surface area contributed by atoms with Crippen LogP contribution in [-0.4, -0.2) is 14.6 Å². The van der Waals surface area contributed by atoms with E-state index in [-0.39, 0.29) is 20.4 Å². The van der Waals surface area contributed by atoms with Crippen molar-refractivity contribution < 1.29 is 4.39 Å². The van der Waals surface area contributed by atoms with Crippen LogP contribution in [0.3, 0.4) is 0 Å². The van der Waals surface area contributed by atoms with E-state index in [0.29, 0.717) is 11.6 Å². The van der Waals surface area contributed by atoms with E-state index in [2.05, 4.69) is 13.2 Å². The molecule has 19 heavy (non-hydrogen) atoms. The number of halogens is 2. The van der Waals surface area contributed by atoms with Crippen molar-refractivity contribution in [3.63, 3.8) is 0 Å². The van der Waals surface area contributed by atoms with Crippen molar-refractivity contribution in [2.45, 2.75) is 6.54 Å². The number of anilines is 1. The summed E-state index contributed by atoms with van der Waals surface area (Å²) < 4.78 is 21.7. The van der Waals surface area contributed by atoms with Crippen molar-refractivity contribution in [3.8, 4) is 0 Å². The van der Waals surface area contributed by atoms with Gasteiger partial charge in [0.1, 0.15) is 0 Å².